The van der Waals surface area contributed by atoms with Crippen molar-refractivity contribution in [1.82, 2.24) is 9.97 Å². The molecule has 0 N–H and O–H groups in total. The molecule has 1 heterocycles. The van der Waals surface area contributed by atoms with Crippen molar-refractivity contribution in [2.24, 2.45) is 0 Å². The normalized spacial score (nSPS) is 10.3. The average Bonchev–Trinajstić information content (AvgIpc) is 2.61. The van der Waals surface area contributed by atoms with E-state index in [-0.39, 0.29) is 5.78 Å². The first-order chi connectivity index (χ1) is 11.2. The maximum atomic E-state index is 11.9. The predicted octanol–water partition coefficient (Wildman–Crippen LogP) is 3.93. The van der Waals surface area contributed by atoms with E-state index in [1.54, 1.807) is 12.4 Å². The quantitative estimate of drug-likeness (QED) is 0.670. The highest BCUT2D eigenvalue weighted by Crippen LogP contribution is 2.27. The molecule has 0 saturated heterocycles. The third-order valence-electron chi connectivity index (χ3n) is 3.49. The van der Waals surface area contributed by atoms with Gasteiger partial charge in [0.25, 0.3) is 0 Å². The molecule has 0 aliphatic carbocycles. The van der Waals surface area contributed by atoms with E-state index >= 15 is 0 Å². The van der Waals surface area contributed by atoms with Gasteiger partial charge < -0.3 is 4.74 Å². The lowest BCUT2D eigenvalue weighted by atomic mass is 10.0. The second kappa shape index (κ2) is 6.83. The van der Waals surface area contributed by atoms with E-state index in [2.05, 4.69) is 9.97 Å². The smallest absolute Gasteiger partial charge is 0.163 e. The molecule has 0 atom stereocenters. The Morgan fingerprint density at radius 1 is 1.00 bits per heavy atom. The van der Waals surface area contributed by atoms with Crippen LogP contribution in [0.3, 0.4) is 0 Å². The average molecular weight is 304 g/mol. The van der Waals surface area contributed by atoms with E-state index in [1.165, 1.54) is 13.3 Å². The van der Waals surface area contributed by atoms with Crippen LogP contribution in [0.5, 0.6) is 5.75 Å². The minimum absolute atomic E-state index is 0.0354. The minimum atomic E-state index is -0.0354. The van der Waals surface area contributed by atoms with Crippen LogP contribution in [0.15, 0.2) is 67.3 Å². The summed E-state index contributed by atoms with van der Waals surface area (Å²) in [7, 11) is 0. The number of Topliss-reactive ketones (excluding diaryl/α,β-unsaturated/α-hetero) is 1. The molecule has 4 heteroatoms. The largest absolute Gasteiger partial charge is 0.488 e. The van der Waals surface area contributed by atoms with Gasteiger partial charge in [-0.1, -0.05) is 36.4 Å². The molecule has 0 amide bonds. The number of aromatic nitrogens is 2. The van der Waals surface area contributed by atoms with Gasteiger partial charge in [-0.05, 0) is 30.2 Å². The highest BCUT2D eigenvalue weighted by Gasteiger charge is 2.11. The summed E-state index contributed by atoms with van der Waals surface area (Å²) < 4.78 is 5.82. The number of rotatable bonds is 5. The molecule has 2 aromatic carbocycles. The Labute approximate surface area is 134 Å². The number of nitrogens with zero attached hydrogens (tertiary/aromatic N) is 2. The van der Waals surface area contributed by atoms with Crippen molar-refractivity contribution >= 4 is 5.78 Å². The fraction of sp³-hybridized carbons (Fsp3) is 0.105. The molecular formula is C19H16N2O2. The van der Waals surface area contributed by atoms with Crippen LogP contribution in [0.1, 0.15) is 22.8 Å². The monoisotopic (exact) mass is 304 g/mol. The van der Waals surface area contributed by atoms with Crippen LogP contribution >= 0.6 is 0 Å². The van der Waals surface area contributed by atoms with Crippen molar-refractivity contribution < 1.29 is 9.53 Å². The summed E-state index contributed by atoms with van der Waals surface area (Å²) in [5, 5.41) is 0. The van der Waals surface area contributed by atoms with Gasteiger partial charge in [0.15, 0.2) is 5.78 Å². The van der Waals surface area contributed by atoms with Crippen molar-refractivity contribution in [3.8, 4) is 16.9 Å². The number of ketones is 1. The maximum Gasteiger partial charge on any atom is 0.163 e. The van der Waals surface area contributed by atoms with Crippen molar-refractivity contribution in [1.29, 1.82) is 0 Å². The van der Waals surface area contributed by atoms with Crippen molar-refractivity contribution in [2.75, 3.05) is 0 Å². The molecule has 3 aromatic rings. The molecule has 114 valence electrons. The summed E-state index contributed by atoms with van der Waals surface area (Å²) >= 11 is 0. The minimum Gasteiger partial charge on any atom is -0.488 e. The van der Waals surface area contributed by atoms with E-state index in [1.807, 2.05) is 48.5 Å². The van der Waals surface area contributed by atoms with E-state index in [0.29, 0.717) is 17.9 Å². The molecule has 0 unspecified atom stereocenters. The zero-order valence-corrected chi connectivity index (χ0v) is 12.8. The summed E-state index contributed by atoms with van der Waals surface area (Å²) in [4.78, 5) is 20.0. The Morgan fingerprint density at radius 3 is 2.43 bits per heavy atom. The summed E-state index contributed by atoms with van der Waals surface area (Å²) in [5.74, 6) is 0.550. The third-order valence-corrected chi connectivity index (χ3v) is 3.49. The standard InChI is InChI=1S/C19H16N2O2/c1-14(22)18-9-16(17-10-20-13-21-11-17)7-8-19(18)23-12-15-5-3-2-4-6-15/h2-11,13H,12H2,1H3. The fourth-order valence-corrected chi connectivity index (χ4v) is 2.29. The second-order valence-electron chi connectivity index (χ2n) is 5.17. The van der Waals surface area contributed by atoms with Gasteiger partial charge in [0.1, 0.15) is 18.7 Å². The molecule has 23 heavy (non-hydrogen) atoms. The number of hydrogen-bond donors (Lipinski definition) is 0. The van der Waals surface area contributed by atoms with Crippen LogP contribution in [-0.4, -0.2) is 15.8 Å². The predicted molar refractivity (Wildman–Crippen MR) is 88.2 cm³/mol. The topological polar surface area (TPSA) is 52.1 Å². The van der Waals surface area contributed by atoms with Gasteiger partial charge in [0.05, 0.1) is 5.56 Å². The van der Waals surface area contributed by atoms with E-state index in [9.17, 15) is 4.79 Å². The highest BCUT2D eigenvalue weighted by molar-refractivity contribution is 5.98. The number of ether oxygens (including phenoxy) is 1. The first-order valence-electron chi connectivity index (χ1n) is 7.31. The molecule has 0 fully saturated rings. The molecule has 4 nitrogen and oxygen atoms in total. The van der Waals surface area contributed by atoms with E-state index in [4.69, 9.17) is 4.74 Å². The fourth-order valence-electron chi connectivity index (χ4n) is 2.29. The number of hydrogen-bond acceptors (Lipinski definition) is 4. The molecule has 0 aliphatic heterocycles. The molecule has 1 aromatic heterocycles. The van der Waals surface area contributed by atoms with Crippen LogP contribution in [0.2, 0.25) is 0 Å². The van der Waals surface area contributed by atoms with Crippen LogP contribution in [-0.2, 0) is 6.61 Å². The van der Waals surface area contributed by atoms with Crippen LogP contribution in [0.4, 0.5) is 0 Å². The van der Waals surface area contributed by atoms with Gasteiger partial charge in [-0.2, -0.15) is 0 Å². The molecular weight excluding hydrogens is 288 g/mol. The van der Waals surface area contributed by atoms with Gasteiger partial charge in [0, 0.05) is 18.0 Å². The van der Waals surface area contributed by atoms with Crippen LogP contribution in [0, 0.1) is 0 Å². The number of benzene rings is 2. The van der Waals surface area contributed by atoms with Gasteiger partial charge >= 0.3 is 0 Å². The lowest BCUT2D eigenvalue weighted by Crippen LogP contribution is -2.02. The zero-order valence-electron chi connectivity index (χ0n) is 12.8. The van der Waals surface area contributed by atoms with E-state index in [0.717, 1.165) is 16.7 Å². The van der Waals surface area contributed by atoms with Gasteiger partial charge in [-0.15, -0.1) is 0 Å². The number of carbonyl (C=O) groups excluding carboxylic acids is 1. The highest BCUT2D eigenvalue weighted by atomic mass is 16.5. The van der Waals surface area contributed by atoms with E-state index < -0.39 is 0 Å². The van der Waals surface area contributed by atoms with Gasteiger partial charge in [0.2, 0.25) is 0 Å². The second-order valence-corrected chi connectivity index (χ2v) is 5.17. The SMILES string of the molecule is CC(=O)c1cc(-c2cncnc2)ccc1OCc1ccccc1. The van der Waals surface area contributed by atoms with Gasteiger partial charge in [-0.3, -0.25) is 4.79 Å². The molecule has 0 aliphatic rings. The van der Waals surface area contributed by atoms with Crippen LogP contribution < -0.4 is 4.74 Å². The zero-order chi connectivity index (χ0) is 16.1. The summed E-state index contributed by atoms with van der Waals surface area (Å²) in [5.41, 5.74) is 3.37. The maximum absolute atomic E-state index is 11.9. The summed E-state index contributed by atoms with van der Waals surface area (Å²) in [6.45, 7) is 1.96. The molecule has 3 rings (SSSR count). The molecule has 0 spiro atoms. The Kier molecular flexibility index (Phi) is 4.43. The lowest BCUT2D eigenvalue weighted by Gasteiger charge is -2.11. The van der Waals surface area contributed by atoms with Crippen molar-refractivity contribution in [3.63, 3.8) is 0 Å². The molecule has 0 bridgehead atoms. The molecule has 0 saturated carbocycles. The first kappa shape index (κ1) is 14.9. The first-order valence-corrected chi connectivity index (χ1v) is 7.31. The van der Waals surface area contributed by atoms with Gasteiger partial charge in [-0.25, -0.2) is 9.97 Å². The Bertz CT molecular complexity index is 802. The Hall–Kier alpha value is -3.01. The number of carbonyl (C=O) groups is 1. The van der Waals surface area contributed by atoms with Crippen molar-refractivity contribution in [3.05, 3.63) is 78.4 Å². The van der Waals surface area contributed by atoms with Crippen LogP contribution in [0.25, 0.3) is 11.1 Å². The summed E-state index contributed by atoms with van der Waals surface area (Å²) in [6.07, 6.45) is 4.92. The Balaban J connectivity index is 1.87. The van der Waals surface area contributed by atoms with Crippen molar-refractivity contribution in [2.45, 2.75) is 13.5 Å². The molecule has 0 radical (unpaired) electrons. The third kappa shape index (κ3) is 3.61. The lowest BCUT2D eigenvalue weighted by molar-refractivity contribution is 0.101. The summed E-state index contributed by atoms with van der Waals surface area (Å²) in [6, 6.07) is 15.4. The Morgan fingerprint density at radius 2 is 1.74 bits per heavy atom.